The van der Waals surface area contributed by atoms with Gasteiger partial charge in [-0.2, -0.15) is 0 Å². The molecule has 0 unspecified atom stereocenters. The minimum atomic E-state index is -0.531. The Morgan fingerprint density at radius 2 is 1.88 bits per heavy atom. The maximum Gasteiger partial charge on any atom is 0.292 e. The number of aryl methyl sites for hydroxylation is 1. The maximum absolute atomic E-state index is 12.5. The number of anilines is 1. The molecule has 0 spiro atoms. The molecule has 0 bridgehead atoms. The number of nitro benzene ring substituents is 1. The zero-order valence-electron chi connectivity index (χ0n) is 17.0. The minimum Gasteiger partial charge on any atom is -0.320 e. The number of hydrogen-bond acceptors (Lipinski definition) is 7. The third-order valence-electron chi connectivity index (χ3n) is 4.55. The zero-order valence-corrected chi connectivity index (χ0v) is 17.8. The molecule has 9 nitrogen and oxygen atoms in total. The fourth-order valence-electron chi connectivity index (χ4n) is 3.03. The Kier molecular flexibility index (Phi) is 6.22. The van der Waals surface area contributed by atoms with Gasteiger partial charge in [0.15, 0.2) is 11.0 Å². The Morgan fingerprint density at radius 3 is 2.59 bits per heavy atom. The molecule has 2 aromatic heterocycles. The average Bonchev–Trinajstić information content (AvgIpc) is 3.23. The molecule has 0 saturated carbocycles. The molecule has 4 aromatic rings. The first-order valence-electron chi connectivity index (χ1n) is 9.62. The fourth-order valence-corrected chi connectivity index (χ4v) is 3.78. The molecule has 0 aliphatic heterocycles. The van der Waals surface area contributed by atoms with Gasteiger partial charge in [-0.25, -0.2) is 0 Å². The van der Waals surface area contributed by atoms with Gasteiger partial charge in [0.2, 0.25) is 5.91 Å². The van der Waals surface area contributed by atoms with E-state index >= 15 is 0 Å². The Balaban J connectivity index is 1.59. The van der Waals surface area contributed by atoms with Crippen molar-refractivity contribution in [2.45, 2.75) is 12.1 Å². The Labute approximate surface area is 187 Å². The van der Waals surface area contributed by atoms with Crippen molar-refractivity contribution >= 4 is 29.0 Å². The number of benzene rings is 2. The lowest BCUT2D eigenvalue weighted by Gasteiger charge is -2.11. The summed E-state index contributed by atoms with van der Waals surface area (Å²) in [6.45, 7) is 2.00. The fraction of sp³-hybridized carbons (Fsp3) is 0.0909. The molecule has 2 heterocycles. The molecule has 0 aliphatic rings. The van der Waals surface area contributed by atoms with Crippen LogP contribution in [0.15, 0.2) is 78.2 Å². The van der Waals surface area contributed by atoms with Crippen LogP contribution in [0, 0.1) is 17.0 Å². The van der Waals surface area contributed by atoms with Crippen LogP contribution in [0.4, 0.5) is 11.4 Å². The molecule has 0 radical (unpaired) electrons. The van der Waals surface area contributed by atoms with E-state index in [1.165, 1.54) is 23.9 Å². The highest BCUT2D eigenvalue weighted by Crippen LogP contribution is 2.28. The summed E-state index contributed by atoms with van der Waals surface area (Å²) >= 11 is 1.19. The van der Waals surface area contributed by atoms with E-state index in [9.17, 15) is 14.9 Å². The Bertz CT molecular complexity index is 1260. The van der Waals surface area contributed by atoms with Gasteiger partial charge in [0.25, 0.3) is 5.69 Å². The quantitative estimate of drug-likeness (QED) is 0.256. The average molecular weight is 446 g/mol. The summed E-state index contributed by atoms with van der Waals surface area (Å²) in [5.74, 6) is 0.220. The SMILES string of the molecule is Cc1ccc(-n2c(SCC(=O)Nc3ccccc3[N+](=O)[O-])nnc2-c2cccnc2)cc1. The summed E-state index contributed by atoms with van der Waals surface area (Å²) in [6.07, 6.45) is 3.38. The van der Waals surface area contributed by atoms with E-state index < -0.39 is 4.92 Å². The molecule has 10 heteroatoms. The number of nitrogens with one attached hydrogen (secondary N) is 1. The molecule has 0 saturated heterocycles. The van der Waals surface area contributed by atoms with Crippen LogP contribution in [0.1, 0.15) is 5.56 Å². The molecular formula is C22H18N6O3S. The molecule has 2 aromatic carbocycles. The van der Waals surface area contributed by atoms with E-state index in [1.807, 2.05) is 47.9 Å². The van der Waals surface area contributed by atoms with E-state index in [-0.39, 0.29) is 23.0 Å². The highest BCUT2D eigenvalue weighted by Gasteiger charge is 2.19. The van der Waals surface area contributed by atoms with Gasteiger partial charge < -0.3 is 5.32 Å². The summed E-state index contributed by atoms with van der Waals surface area (Å²) in [4.78, 5) is 27.3. The number of para-hydroxylation sites is 2. The number of aromatic nitrogens is 4. The molecule has 0 fully saturated rings. The van der Waals surface area contributed by atoms with E-state index in [4.69, 9.17) is 0 Å². The van der Waals surface area contributed by atoms with E-state index in [0.717, 1.165) is 16.8 Å². The third-order valence-corrected chi connectivity index (χ3v) is 5.48. The van der Waals surface area contributed by atoms with Crippen molar-refractivity contribution in [2.75, 3.05) is 11.1 Å². The van der Waals surface area contributed by atoms with Gasteiger partial charge in [0.05, 0.1) is 10.7 Å². The van der Waals surface area contributed by atoms with Crippen LogP contribution < -0.4 is 5.32 Å². The maximum atomic E-state index is 12.5. The molecule has 1 amide bonds. The van der Waals surface area contributed by atoms with E-state index in [0.29, 0.717) is 11.0 Å². The van der Waals surface area contributed by atoms with Crippen LogP contribution in [0.3, 0.4) is 0 Å². The molecular weight excluding hydrogens is 428 g/mol. The number of nitro groups is 1. The van der Waals surface area contributed by atoms with Crippen molar-refractivity contribution in [3.05, 3.63) is 88.7 Å². The van der Waals surface area contributed by atoms with E-state index in [1.54, 1.807) is 24.5 Å². The molecule has 1 N–H and O–H groups in total. The summed E-state index contributed by atoms with van der Waals surface area (Å²) < 4.78 is 1.86. The molecule has 32 heavy (non-hydrogen) atoms. The second kappa shape index (κ2) is 9.40. The van der Waals surface area contributed by atoms with Crippen molar-refractivity contribution in [2.24, 2.45) is 0 Å². The Morgan fingerprint density at radius 1 is 1.09 bits per heavy atom. The normalized spacial score (nSPS) is 10.7. The number of amides is 1. The standard InChI is InChI=1S/C22H18N6O3S/c1-15-8-10-17(11-9-15)27-21(16-5-4-12-23-13-16)25-26-22(27)32-14-20(29)24-18-6-2-3-7-19(18)28(30)31/h2-13H,14H2,1H3,(H,24,29). The van der Waals surface area contributed by atoms with Gasteiger partial charge >= 0.3 is 0 Å². The van der Waals surface area contributed by atoms with Crippen molar-refractivity contribution in [1.29, 1.82) is 0 Å². The second-order valence-electron chi connectivity index (χ2n) is 6.83. The van der Waals surface area contributed by atoms with Gasteiger partial charge in [0.1, 0.15) is 5.69 Å². The Hall–Kier alpha value is -4.05. The van der Waals surface area contributed by atoms with Crippen LogP contribution in [-0.2, 0) is 4.79 Å². The van der Waals surface area contributed by atoms with Crippen LogP contribution in [0.2, 0.25) is 0 Å². The highest BCUT2D eigenvalue weighted by atomic mass is 32.2. The van der Waals surface area contributed by atoms with Crippen LogP contribution in [0.25, 0.3) is 17.1 Å². The topological polar surface area (TPSA) is 116 Å². The van der Waals surface area contributed by atoms with Crippen LogP contribution >= 0.6 is 11.8 Å². The zero-order chi connectivity index (χ0) is 22.5. The molecule has 4 rings (SSSR count). The van der Waals surface area contributed by atoms with Gasteiger partial charge in [-0.05, 0) is 37.3 Å². The monoisotopic (exact) mass is 446 g/mol. The number of thioether (sulfide) groups is 1. The number of pyridine rings is 1. The van der Waals surface area contributed by atoms with Gasteiger partial charge in [-0.1, -0.05) is 41.6 Å². The summed E-state index contributed by atoms with van der Waals surface area (Å²) in [5, 5.41) is 22.9. The summed E-state index contributed by atoms with van der Waals surface area (Å²) in [5.41, 5.74) is 2.74. The minimum absolute atomic E-state index is 0.00306. The largest absolute Gasteiger partial charge is 0.320 e. The third kappa shape index (κ3) is 4.65. The van der Waals surface area contributed by atoms with Crippen molar-refractivity contribution in [1.82, 2.24) is 19.7 Å². The predicted molar refractivity (Wildman–Crippen MR) is 122 cm³/mol. The van der Waals surface area contributed by atoms with Gasteiger partial charge in [-0.3, -0.25) is 24.5 Å². The van der Waals surface area contributed by atoms with Crippen molar-refractivity contribution < 1.29 is 9.72 Å². The van der Waals surface area contributed by atoms with E-state index in [2.05, 4.69) is 20.5 Å². The molecule has 160 valence electrons. The van der Waals surface area contributed by atoms with Crippen molar-refractivity contribution in [3.8, 4) is 17.1 Å². The lowest BCUT2D eigenvalue weighted by molar-refractivity contribution is -0.383. The number of hydrogen-bond donors (Lipinski definition) is 1. The first-order valence-corrected chi connectivity index (χ1v) is 10.6. The first-order chi connectivity index (χ1) is 15.5. The number of nitrogens with zero attached hydrogens (tertiary/aromatic N) is 5. The summed E-state index contributed by atoms with van der Waals surface area (Å²) in [7, 11) is 0. The smallest absolute Gasteiger partial charge is 0.292 e. The second-order valence-corrected chi connectivity index (χ2v) is 7.77. The number of rotatable bonds is 7. The van der Waals surface area contributed by atoms with Gasteiger partial charge in [0, 0.05) is 29.7 Å². The van der Waals surface area contributed by atoms with Crippen LogP contribution in [0.5, 0.6) is 0 Å². The molecule has 0 aliphatic carbocycles. The summed E-state index contributed by atoms with van der Waals surface area (Å²) in [6, 6.07) is 17.6. The predicted octanol–water partition coefficient (Wildman–Crippen LogP) is 4.28. The van der Waals surface area contributed by atoms with Crippen molar-refractivity contribution in [3.63, 3.8) is 0 Å². The van der Waals surface area contributed by atoms with Gasteiger partial charge in [-0.15, -0.1) is 10.2 Å². The lowest BCUT2D eigenvalue weighted by Crippen LogP contribution is -2.15. The number of carbonyl (C=O) groups excluding carboxylic acids is 1. The molecule has 0 atom stereocenters. The highest BCUT2D eigenvalue weighted by molar-refractivity contribution is 7.99. The van der Waals surface area contributed by atoms with Crippen LogP contribution in [-0.4, -0.2) is 36.3 Å². The number of carbonyl (C=O) groups is 1. The first kappa shape index (κ1) is 21.2. The lowest BCUT2D eigenvalue weighted by atomic mass is 10.2.